The molecule has 0 saturated carbocycles. The molecule has 0 aromatic rings. The number of terminal acetylenes is 1. The van der Waals surface area contributed by atoms with E-state index in [1.165, 1.54) is 0 Å². The van der Waals surface area contributed by atoms with Gasteiger partial charge in [0.2, 0.25) is 0 Å². The molecular weight excluding hydrogens is 84.1 g/mol. The van der Waals surface area contributed by atoms with Gasteiger partial charge < -0.3 is 0 Å². The second kappa shape index (κ2) is 5.30. The van der Waals surface area contributed by atoms with Crippen LogP contribution in [0.3, 0.4) is 0 Å². The third-order valence-corrected chi connectivity index (χ3v) is 0.637. The van der Waals surface area contributed by atoms with Gasteiger partial charge in [0.05, 0.1) is 0 Å². The maximum Gasteiger partial charge on any atom is 0.0121 e. The Hall–Kier alpha value is -0.700. The Labute approximate surface area is 45.2 Å². The van der Waals surface area contributed by atoms with Crippen molar-refractivity contribution in [1.29, 1.82) is 0 Å². The normalized spacial score (nSPS) is 9.14. The van der Waals surface area contributed by atoms with Crippen molar-refractivity contribution in [2.75, 3.05) is 0 Å². The van der Waals surface area contributed by atoms with Crippen LogP contribution in [0.15, 0.2) is 6.08 Å². The molecule has 0 spiro atoms. The summed E-state index contributed by atoms with van der Waals surface area (Å²) in [5.74, 6) is 2.53. The lowest BCUT2D eigenvalue weighted by molar-refractivity contribution is 1.08. The summed E-state index contributed by atoms with van der Waals surface area (Å²) in [6, 6.07) is 0. The summed E-state index contributed by atoms with van der Waals surface area (Å²) in [7, 11) is 0. The first-order valence-electron chi connectivity index (χ1n) is 2.34. The molecule has 0 heteroatoms. The van der Waals surface area contributed by atoms with E-state index >= 15 is 0 Å². The molecule has 0 heterocycles. The third-order valence-electron chi connectivity index (χ3n) is 0.637. The summed E-state index contributed by atoms with van der Waals surface area (Å²) in [5.41, 5.74) is 0. The number of allylic oxidation sites excluding steroid dienone is 2. The molecule has 0 atom stereocenters. The third kappa shape index (κ3) is 5.30. The molecule has 7 heavy (non-hydrogen) atoms. The number of unbranched alkanes of at least 4 members (excludes halogenated alkanes) is 1. The van der Waals surface area contributed by atoms with Gasteiger partial charge in [-0.2, -0.15) is 0 Å². The lowest BCUT2D eigenvalue weighted by Gasteiger charge is -1.76. The molecule has 1 radical (unpaired) electrons. The maximum atomic E-state index is 4.97. The maximum absolute atomic E-state index is 4.97. The molecule has 0 aliphatic heterocycles. The van der Waals surface area contributed by atoms with E-state index in [0.717, 1.165) is 12.8 Å². The van der Waals surface area contributed by atoms with Crippen LogP contribution in [0.4, 0.5) is 0 Å². The van der Waals surface area contributed by atoms with Crippen molar-refractivity contribution in [3.05, 3.63) is 12.2 Å². The zero-order valence-corrected chi connectivity index (χ0v) is 4.57. The molecule has 0 rings (SSSR count). The standard InChI is InChI=1S/C7H9/c1-3-5-7-6-4-2/h1,6H,5,7H2,2H3. The van der Waals surface area contributed by atoms with E-state index in [1.54, 1.807) is 0 Å². The minimum atomic E-state index is 0.834. The topological polar surface area (TPSA) is 0 Å². The SMILES string of the molecule is C#CCC/C=[C]/C. The van der Waals surface area contributed by atoms with Gasteiger partial charge in [-0.3, -0.25) is 0 Å². The highest BCUT2D eigenvalue weighted by atomic mass is 13.7. The van der Waals surface area contributed by atoms with Gasteiger partial charge >= 0.3 is 0 Å². The monoisotopic (exact) mass is 93.1 g/mol. The van der Waals surface area contributed by atoms with Crippen LogP contribution in [0, 0.1) is 18.4 Å². The zero-order chi connectivity index (χ0) is 5.54. The van der Waals surface area contributed by atoms with Gasteiger partial charge in [-0.15, -0.1) is 12.3 Å². The van der Waals surface area contributed by atoms with Crippen molar-refractivity contribution in [2.24, 2.45) is 0 Å². The fraction of sp³-hybridized carbons (Fsp3) is 0.429. The summed E-state index contributed by atoms with van der Waals surface area (Å²) in [6.07, 6.45) is 11.6. The van der Waals surface area contributed by atoms with Crippen molar-refractivity contribution < 1.29 is 0 Å². The van der Waals surface area contributed by atoms with Crippen LogP contribution in [-0.4, -0.2) is 0 Å². The van der Waals surface area contributed by atoms with Crippen molar-refractivity contribution in [1.82, 2.24) is 0 Å². The molecule has 0 aliphatic carbocycles. The second-order valence-electron chi connectivity index (χ2n) is 1.24. The second-order valence-corrected chi connectivity index (χ2v) is 1.24. The van der Waals surface area contributed by atoms with Crippen molar-refractivity contribution in [3.8, 4) is 12.3 Å². The number of rotatable bonds is 2. The quantitative estimate of drug-likeness (QED) is 0.360. The van der Waals surface area contributed by atoms with Crippen LogP contribution in [0.1, 0.15) is 19.8 Å². The fourth-order valence-electron chi connectivity index (χ4n) is 0.300. The molecule has 0 unspecified atom stereocenters. The number of hydrogen-bond acceptors (Lipinski definition) is 0. The number of hydrogen-bond donors (Lipinski definition) is 0. The van der Waals surface area contributed by atoms with Gasteiger partial charge in [-0.1, -0.05) is 12.2 Å². The zero-order valence-electron chi connectivity index (χ0n) is 4.57. The largest absolute Gasteiger partial charge is 0.120 e. The highest BCUT2D eigenvalue weighted by molar-refractivity contribution is 4.87. The van der Waals surface area contributed by atoms with Gasteiger partial charge in [-0.25, -0.2) is 0 Å². The Kier molecular flexibility index (Phi) is 4.77. The van der Waals surface area contributed by atoms with E-state index in [4.69, 9.17) is 6.42 Å². The molecule has 0 aliphatic rings. The molecule has 0 saturated heterocycles. The van der Waals surface area contributed by atoms with E-state index in [2.05, 4.69) is 12.0 Å². The van der Waals surface area contributed by atoms with Crippen molar-refractivity contribution in [2.45, 2.75) is 19.8 Å². The first-order valence-corrected chi connectivity index (χ1v) is 2.34. The van der Waals surface area contributed by atoms with Gasteiger partial charge in [0, 0.05) is 6.42 Å². The van der Waals surface area contributed by atoms with Crippen LogP contribution < -0.4 is 0 Å². The van der Waals surface area contributed by atoms with E-state index < -0.39 is 0 Å². The molecule has 0 fully saturated rings. The van der Waals surface area contributed by atoms with Gasteiger partial charge in [-0.05, 0) is 13.3 Å². The van der Waals surface area contributed by atoms with Crippen molar-refractivity contribution >= 4 is 0 Å². The first-order chi connectivity index (χ1) is 3.41. The van der Waals surface area contributed by atoms with Gasteiger partial charge in [0.1, 0.15) is 0 Å². The molecule has 0 nitrogen and oxygen atoms in total. The Morgan fingerprint density at radius 2 is 2.43 bits per heavy atom. The van der Waals surface area contributed by atoms with E-state index in [0.29, 0.717) is 0 Å². The molecule has 0 N–H and O–H groups in total. The molecule has 37 valence electrons. The average Bonchev–Trinajstić information content (AvgIpc) is 1.69. The Balaban J connectivity index is 2.87. The van der Waals surface area contributed by atoms with Crippen LogP contribution in [0.5, 0.6) is 0 Å². The lowest BCUT2D eigenvalue weighted by Crippen LogP contribution is -1.60. The summed E-state index contributed by atoms with van der Waals surface area (Å²) >= 11 is 0. The molecule has 0 bridgehead atoms. The molecule has 0 aromatic heterocycles. The summed E-state index contributed by atoms with van der Waals surface area (Å²) in [4.78, 5) is 0. The van der Waals surface area contributed by atoms with E-state index in [1.807, 2.05) is 13.0 Å². The Morgan fingerprint density at radius 3 is 2.86 bits per heavy atom. The smallest absolute Gasteiger partial charge is 0.0121 e. The minimum absolute atomic E-state index is 0.834. The van der Waals surface area contributed by atoms with Crippen LogP contribution in [0.2, 0.25) is 0 Å². The van der Waals surface area contributed by atoms with Gasteiger partial charge in [0.15, 0.2) is 0 Å². The minimum Gasteiger partial charge on any atom is -0.120 e. The van der Waals surface area contributed by atoms with Crippen LogP contribution in [0.25, 0.3) is 0 Å². The Morgan fingerprint density at radius 1 is 1.71 bits per heavy atom. The highest BCUT2D eigenvalue weighted by Gasteiger charge is 1.69. The van der Waals surface area contributed by atoms with E-state index in [-0.39, 0.29) is 0 Å². The van der Waals surface area contributed by atoms with Gasteiger partial charge in [0.25, 0.3) is 0 Å². The fourth-order valence-corrected chi connectivity index (χ4v) is 0.300. The average molecular weight is 93.1 g/mol. The van der Waals surface area contributed by atoms with Crippen molar-refractivity contribution in [3.63, 3.8) is 0 Å². The highest BCUT2D eigenvalue weighted by Crippen LogP contribution is 1.85. The van der Waals surface area contributed by atoms with Crippen LogP contribution in [-0.2, 0) is 0 Å². The molecule has 0 amide bonds. The molecular formula is C7H9. The predicted octanol–water partition coefficient (Wildman–Crippen LogP) is 1.78. The van der Waals surface area contributed by atoms with E-state index in [9.17, 15) is 0 Å². The lowest BCUT2D eigenvalue weighted by atomic mass is 10.3. The Bertz CT molecular complexity index is 82.7. The predicted molar refractivity (Wildman–Crippen MR) is 31.6 cm³/mol. The first kappa shape index (κ1) is 6.30. The summed E-state index contributed by atoms with van der Waals surface area (Å²) in [5, 5.41) is 0. The molecule has 0 aromatic carbocycles. The van der Waals surface area contributed by atoms with Crippen LogP contribution >= 0.6 is 0 Å². The summed E-state index contributed by atoms with van der Waals surface area (Å²) in [6.45, 7) is 1.87. The summed E-state index contributed by atoms with van der Waals surface area (Å²) < 4.78 is 0.